The van der Waals surface area contributed by atoms with E-state index < -0.39 is 0 Å². The molecule has 2 N–H and O–H groups in total. The smallest absolute Gasteiger partial charge is 0.224 e. The Labute approximate surface area is 106 Å². The van der Waals surface area contributed by atoms with Crippen LogP contribution < -0.4 is 10.6 Å². The fraction of sp³-hybridized carbons (Fsp3) is 0.417. The molecule has 3 nitrogen and oxygen atoms in total. The van der Waals surface area contributed by atoms with Gasteiger partial charge in [-0.3, -0.25) is 4.79 Å². The maximum Gasteiger partial charge on any atom is 0.224 e. The zero-order valence-corrected chi connectivity index (χ0v) is 10.2. The van der Waals surface area contributed by atoms with Gasteiger partial charge >= 0.3 is 0 Å². The van der Waals surface area contributed by atoms with E-state index in [0.29, 0.717) is 18.0 Å². The molecule has 1 heterocycles. The van der Waals surface area contributed by atoms with Crippen LogP contribution in [0.3, 0.4) is 0 Å². The zero-order valence-electron chi connectivity index (χ0n) is 9.41. The second kappa shape index (κ2) is 6.57. The molecule has 1 atom stereocenters. The summed E-state index contributed by atoms with van der Waals surface area (Å²) in [6.45, 7) is 1.88. The molecule has 1 aliphatic heterocycles. The molecule has 1 saturated heterocycles. The summed E-state index contributed by atoms with van der Waals surface area (Å²) in [7, 11) is 0. The van der Waals surface area contributed by atoms with Gasteiger partial charge in [0.2, 0.25) is 5.91 Å². The van der Waals surface area contributed by atoms with Gasteiger partial charge in [-0.25, -0.2) is 4.39 Å². The number of benzene rings is 1. The van der Waals surface area contributed by atoms with Crippen molar-refractivity contribution in [1.29, 1.82) is 0 Å². The third kappa shape index (κ3) is 4.32. The van der Waals surface area contributed by atoms with E-state index in [1.54, 1.807) is 12.1 Å². The van der Waals surface area contributed by atoms with Crippen molar-refractivity contribution < 1.29 is 9.18 Å². The van der Waals surface area contributed by atoms with Gasteiger partial charge in [0.15, 0.2) is 0 Å². The van der Waals surface area contributed by atoms with E-state index >= 15 is 0 Å². The topological polar surface area (TPSA) is 41.1 Å². The van der Waals surface area contributed by atoms with Crippen LogP contribution in [-0.4, -0.2) is 19.0 Å². The third-order valence-corrected chi connectivity index (χ3v) is 2.74. The first-order valence-electron chi connectivity index (χ1n) is 5.50. The van der Waals surface area contributed by atoms with Crippen molar-refractivity contribution in [1.82, 2.24) is 5.32 Å². The molecule has 1 fully saturated rings. The number of carbonyl (C=O) groups excluding carboxylic acids is 1. The Morgan fingerprint density at radius 3 is 3.00 bits per heavy atom. The van der Waals surface area contributed by atoms with Gasteiger partial charge < -0.3 is 10.6 Å². The first-order valence-corrected chi connectivity index (χ1v) is 5.50. The third-order valence-electron chi connectivity index (χ3n) is 2.74. The molecule has 1 aliphatic rings. The van der Waals surface area contributed by atoms with Crippen molar-refractivity contribution in [2.45, 2.75) is 12.8 Å². The predicted octanol–water partition coefficient (Wildman–Crippen LogP) is 2.19. The standard InChI is InChI=1S/C12H15FN2O.ClH/c13-10-2-1-3-11(7-10)15-12(16)6-9-4-5-14-8-9;/h1-3,7,9,14H,4-6,8H2,(H,15,16);1H. The fourth-order valence-corrected chi connectivity index (χ4v) is 1.93. The fourth-order valence-electron chi connectivity index (χ4n) is 1.93. The summed E-state index contributed by atoms with van der Waals surface area (Å²) in [6, 6.07) is 5.96. The molecule has 0 saturated carbocycles. The molecule has 0 aliphatic carbocycles. The van der Waals surface area contributed by atoms with Crippen molar-refractivity contribution in [2.24, 2.45) is 5.92 Å². The van der Waals surface area contributed by atoms with E-state index in [1.807, 2.05) is 0 Å². The molecule has 0 aromatic heterocycles. The number of amides is 1. The minimum atomic E-state index is -0.333. The van der Waals surface area contributed by atoms with Crippen LogP contribution in [0, 0.1) is 11.7 Å². The summed E-state index contributed by atoms with van der Waals surface area (Å²) in [6.07, 6.45) is 1.54. The van der Waals surface area contributed by atoms with E-state index in [4.69, 9.17) is 0 Å². The van der Waals surface area contributed by atoms with Crippen LogP contribution in [0.5, 0.6) is 0 Å². The number of anilines is 1. The minimum absolute atomic E-state index is 0. The van der Waals surface area contributed by atoms with Gasteiger partial charge in [-0.05, 0) is 43.6 Å². The van der Waals surface area contributed by atoms with E-state index in [1.165, 1.54) is 12.1 Å². The summed E-state index contributed by atoms with van der Waals surface area (Å²) in [5, 5.41) is 5.91. The second-order valence-electron chi connectivity index (χ2n) is 4.12. The largest absolute Gasteiger partial charge is 0.326 e. The molecule has 1 aromatic carbocycles. The first kappa shape index (κ1) is 13.9. The van der Waals surface area contributed by atoms with E-state index in [-0.39, 0.29) is 24.1 Å². The lowest BCUT2D eigenvalue weighted by atomic mass is 10.0. The van der Waals surface area contributed by atoms with E-state index in [9.17, 15) is 9.18 Å². The Kier molecular flexibility index (Phi) is 5.38. The Morgan fingerprint density at radius 2 is 2.35 bits per heavy atom. The summed E-state index contributed by atoms with van der Waals surface area (Å²) in [5.74, 6) is 0.0354. The normalized spacial score (nSPS) is 18.5. The van der Waals surface area contributed by atoms with E-state index in [2.05, 4.69) is 10.6 Å². The van der Waals surface area contributed by atoms with Gasteiger partial charge in [0.1, 0.15) is 5.82 Å². The molecule has 2 rings (SSSR count). The van der Waals surface area contributed by atoms with Crippen molar-refractivity contribution in [2.75, 3.05) is 18.4 Å². The number of rotatable bonds is 3. The monoisotopic (exact) mass is 258 g/mol. The lowest BCUT2D eigenvalue weighted by Crippen LogP contribution is -2.18. The van der Waals surface area contributed by atoms with Gasteiger partial charge in [0.25, 0.3) is 0 Å². The first-order chi connectivity index (χ1) is 7.74. The Morgan fingerprint density at radius 1 is 1.53 bits per heavy atom. The average molecular weight is 259 g/mol. The van der Waals surface area contributed by atoms with Crippen LogP contribution in [0.15, 0.2) is 24.3 Å². The number of hydrogen-bond donors (Lipinski definition) is 2. The summed E-state index contributed by atoms with van der Waals surface area (Å²) in [4.78, 5) is 11.6. The van der Waals surface area contributed by atoms with Crippen LogP contribution in [0.25, 0.3) is 0 Å². The molecule has 5 heteroatoms. The average Bonchev–Trinajstić information content (AvgIpc) is 2.70. The molecular formula is C12H16ClFN2O. The number of nitrogens with one attached hydrogen (secondary N) is 2. The lowest BCUT2D eigenvalue weighted by Gasteiger charge is -2.08. The zero-order chi connectivity index (χ0) is 11.4. The van der Waals surface area contributed by atoms with E-state index in [0.717, 1.165) is 19.5 Å². The van der Waals surface area contributed by atoms with Crippen LogP contribution in [0.1, 0.15) is 12.8 Å². The maximum absolute atomic E-state index is 12.9. The predicted molar refractivity (Wildman–Crippen MR) is 67.9 cm³/mol. The Hall–Kier alpha value is -1.13. The van der Waals surface area contributed by atoms with Crippen molar-refractivity contribution in [3.05, 3.63) is 30.1 Å². The van der Waals surface area contributed by atoms with Crippen molar-refractivity contribution in [3.63, 3.8) is 0 Å². The summed E-state index contributed by atoms with van der Waals surface area (Å²) < 4.78 is 12.9. The minimum Gasteiger partial charge on any atom is -0.326 e. The SMILES string of the molecule is Cl.O=C(CC1CCNC1)Nc1cccc(F)c1. The second-order valence-corrected chi connectivity index (χ2v) is 4.12. The summed E-state index contributed by atoms with van der Waals surface area (Å²) in [5.41, 5.74) is 0.524. The highest BCUT2D eigenvalue weighted by molar-refractivity contribution is 5.90. The Balaban J connectivity index is 0.00000144. The van der Waals surface area contributed by atoms with Crippen LogP contribution in [0.4, 0.5) is 10.1 Å². The molecule has 0 bridgehead atoms. The highest BCUT2D eigenvalue weighted by atomic mass is 35.5. The molecule has 0 spiro atoms. The molecular weight excluding hydrogens is 243 g/mol. The highest BCUT2D eigenvalue weighted by Crippen LogP contribution is 2.14. The quantitative estimate of drug-likeness (QED) is 0.873. The highest BCUT2D eigenvalue weighted by Gasteiger charge is 2.17. The van der Waals surface area contributed by atoms with Gasteiger partial charge in [-0.15, -0.1) is 12.4 Å². The van der Waals surface area contributed by atoms with Crippen molar-refractivity contribution >= 4 is 24.0 Å². The molecule has 1 unspecified atom stereocenters. The number of carbonyl (C=O) groups is 1. The Bertz CT molecular complexity index is 381. The molecule has 94 valence electrons. The number of halogens is 2. The van der Waals surface area contributed by atoms with Gasteiger partial charge in [-0.2, -0.15) is 0 Å². The van der Waals surface area contributed by atoms with Crippen LogP contribution in [-0.2, 0) is 4.79 Å². The lowest BCUT2D eigenvalue weighted by molar-refractivity contribution is -0.116. The van der Waals surface area contributed by atoms with Crippen LogP contribution in [0.2, 0.25) is 0 Å². The van der Waals surface area contributed by atoms with Gasteiger partial charge in [0.05, 0.1) is 0 Å². The maximum atomic E-state index is 12.9. The van der Waals surface area contributed by atoms with Gasteiger partial charge in [-0.1, -0.05) is 6.07 Å². The molecule has 1 aromatic rings. The summed E-state index contributed by atoms with van der Waals surface area (Å²) >= 11 is 0. The van der Waals surface area contributed by atoms with Crippen LogP contribution >= 0.6 is 12.4 Å². The van der Waals surface area contributed by atoms with Crippen molar-refractivity contribution in [3.8, 4) is 0 Å². The molecule has 0 radical (unpaired) electrons. The van der Waals surface area contributed by atoms with Gasteiger partial charge in [0, 0.05) is 12.1 Å². The number of hydrogen-bond acceptors (Lipinski definition) is 2. The molecule has 1 amide bonds. The molecule has 17 heavy (non-hydrogen) atoms.